The van der Waals surface area contributed by atoms with Crippen LogP contribution < -0.4 is 10.1 Å². The van der Waals surface area contributed by atoms with E-state index >= 15 is 0 Å². The van der Waals surface area contributed by atoms with Gasteiger partial charge in [0.25, 0.3) is 0 Å². The van der Waals surface area contributed by atoms with E-state index in [9.17, 15) is 5.26 Å². The second kappa shape index (κ2) is 5.50. The van der Waals surface area contributed by atoms with Crippen LogP contribution in [0.4, 0.5) is 5.69 Å². The molecule has 1 aliphatic rings. The molecule has 1 aliphatic heterocycles. The van der Waals surface area contributed by atoms with Gasteiger partial charge >= 0.3 is 0 Å². The lowest BCUT2D eigenvalue weighted by Gasteiger charge is -2.39. The Balaban J connectivity index is 2.15. The van der Waals surface area contributed by atoms with E-state index in [1.165, 1.54) is 0 Å². The molecule has 1 aromatic carbocycles. The molecule has 0 radical (unpaired) electrons. The van der Waals surface area contributed by atoms with Gasteiger partial charge in [0.1, 0.15) is 11.3 Å². The Morgan fingerprint density at radius 1 is 1.26 bits per heavy atom. The zero-order valence-corrected chi connectivity index (χ0v) is 11.6. The van der Waals surface area contributed by atoms with Gasteiger partial charge in [-0.2, -0.15) is 5.26 Å². The Bertz CT molecular complexity index is 454. The van der Waals surface area contributed by atoms with Crippen molar-refractivity contribution in [1.82, 2.24) is 0 Å². The smallest absolute Gasteiger partial charge is 0.130 e. The summed E-state index contributed by atoms with van der Waals surface area (Å²) in [6.07, 6.45) is 1.57. The molecule has 1 aromatic rings. The average molecular weight is 260 g/mol. The molecule has 1 heterocycles. The maximum Gasteiger partial charge on any atom is 0.130 e. The van der Waals surface area contributed by atoms with Crippen LogP contribution in [0.5, 0.6) is 5.75 Å². The first-order valence-corrected chi connectivity index (χ1v) is 6.56. The van der Waals surface area contributed by atoms with Gasteiger partial charge in [-0.3, -0.25) is 0 Å². The van der Waals surface area contributed by atoms with Crippen LogP contribution in [0.25, 0.3) is 0 Å². The summed E-state index contributed by atoms with van der Waals surface area (Å²) in [5, 5.41) is 12.9. The van der Waals surface area contributed by atoms with Gasteiger partial charge in [-0.05, 0) is 38.1 Å². The van der Waals surface area contributed by atoms with E-state index in [1.807, 2.05) is 38.1 Å². The van der Waals surface area contributed by atoms with Gasteiger partial charge in [-0.15, -0.1) is 0 Å². The lowest BCUT2D eigenvalue weighted by atomic mass is 9.85. The van der Waals surface area contributed by atoms with Crippen molar-refractivity contribution in [3.8, 4) is 11.8 Å². The summed E-state index contributed by atoms with van der Waals surface area (Å²) < 4.78 is 10.8. The molecule has 19 heavy (non-hydrogen) atoms. The number of anilines is 1. The van der Waals surface area contributed by atoms with E-state index in [1.54, 1.807) is 7.11 Å². The number of nitrogens with one attached hydrogen (secondary N) is 1. The number of hydrogen-bond acceptors (Lipinski definition) is 4. The number of benzene rings is 1. The van der Waals surface area contributed by atoms with Crippen LogP contribution in [-0.4, -0.2) is 24.9 Å². The molecule has 2 atom stereocenters. The molecule has 0 aliphatic carbocycles. The Morgan fingerprint density at radius 2 is 1.84 bits per heavy atom. The summed E-state index contributed by atoms with van der Waals surface area (Å²) in [5.41, 5.74) is 0.384. The summed E-state index contributed by atoms with van der Waals surface area (Å²) in [6.45, 7) is 4.02. The largest absolute Gasteiger partial charge is 0.497 e. The van der Waals surface area contributed by atoms with Crippen molar-refractivity contribution in [2.45, 2.75) is 44.4 Å². The molecule has 0 saturated carbocycles. The van der Waals surface area contributed by atoms with Gasteiger partial charge in [0.2, 0.25) is 0 Å². The van der Waals surface area contributed by atoms with E-state index < -0.39 is 5.54 Å². The first-order chi connectivity index (χ1) is 9.07. The SMILES string of the molecule is COc1ccc(NC2(C#N)CC(C)OC(C)C2)cc1. The van der Waals surface area contributed by atoms with E-state index in [-0.39, 0.29) is 12.2 Å². The zero-order chi connectivity index (χ0) is 13.9. The minimum atomic E-state index is -0.550. The number of nitriles is 1. The van der Waals surface area contributed by atoms with Crippen LogP contribution in [0.15, 0.2) is 24.3 Å². The molecule has 0 amide bonds. The molecule has 4 nitrogen and oxygen atoms in total. The van der Waals surface area contributed by atoms with Crippen molar-refractivity contribution >= 4 is 5.69 Å². The van der Waals surface area contributed by atoms with Crippen molar-refractivity contribution in [3.63, 3.8) is 0 Å². The second-order valence-electron chi connectivity index (χ2n) is 5.21. The highest BCUT2D eigenvalue weighted by Gasteiger charge is 2.38. The number of nitrogens with zero attached hydrogens (tertiary/aromatic N) is 1. The minimum Gasteiger partial charge on any atom is -0.497 e. The zero-order valence-electron chi connectivity index (χ0n) is 11.6. The van der Waals surface area contributed by atoms with Crippen molar-refractivity contribution in [3.05, 3.63) is 24.3 Å². The van der Waals surface area contributed by atoms with E-state index in [0.29, 0.717) is 12.8 Å². The summed E-state index contributed by atoms with van der Waals surface area (Å²) in [7, 11) is 1.64. The summed E-state index contributed by atoms with van der Waals surface area (Å²) in [5.74, 6) is 0.810. The highest BCUT2D eigenvalue weighted by molar-refractivity contribution is 5.50. The molecular formula is C15H20N2O2. The predicted octanol–water partition coefficient (Wildman–Crippen LogP) is 2.96. The molecule has 1 saturated heterocycles. The van der Waals surface area contributed by atoms with Crippen molar-refractivity contribution in [1.29, 1.82) is 5.26 Å². The fourth-order valence-electron chi connectivity index (χ4n) is 2.73. The van der Waals surface area contributed by atoms with Crippen molar-refractivity contribution < 1.29 is 9.47 Å². The lowest BCUT2D eigenvalue weighted by molar-refractivity contribution is -0.0451. The number of methoxy groups -OCH3 is 1. The molecule has 102 valence electrons. The molecule has 1 fully saturated rings. The third-order valence-corrected chi connectivity index (χ3v) is 3.42. The van der Waals surface area contributed by atoms with E-state index in [4.69, 9.17) is 9.47 Å². The van der Waals surface area contributed by atoms with Crippen LogP contribution in [0.1, 0.15) is 26.7 Å². The molecule has 0 bridgehead atoms. The minimum absolute atomic E-state index is 0.0918. The topological polar surface area (TPSA) is 54.3 Å². The van der Waals surface area contributed by atoms with Crippen molar-refractivity contribution in [2.24, 2.45) is 0 Å². The highest BCUT2D eigenvalue weighted by atomic mass is 16.5. The van der Waals surface area contributed by atoms with Crippen LogP contribution in [0.2, 0.25) is 0 Å². The second-order valence-corrected chi connectivity index (χ2v) is 5.21. The maximum atomic E-state index is 9.55. The summed E-state index contributed by atoms with van der Waals surface area (Å²) >= 11 is 0. The molecular weight excluding hydrogens is 240 g/mol. The standard InChI is InChI=1S/C15H20N2O2/c1-11-8-15(10-16,9-12(2)19-11)17-13-4-6-14(18-3)7-5-13/h4-7,11-12,17H,8-9H2,1-3H3. The third kappa shape index (κ3) is 3.18. The van der Waals surface area contributed by atoms with Gasteiger partial charge in [-0.1, -0.05) is 0 Å². The highest BCUT2D eigenvalue weighted by Crippen LogP contribution is 2.32. The quantitative estimate of drug-likeness (QED) is 0.907. The average Bonchev–Trinajstić information content (AvgIpc) is 2.38. The third-order valence-electron chi connectivity index (χ3n) is 3.42. The van der Waals surface area contributed by atoms with Gasteiger partial charge < -0.3 is 14.8 Å². The van der Waals surface area contributed by atoms with Gasteiger partial charge in [0.05, 0.1) is 25.4 Å². The van der Waals surface area contributed by atoms with E-state index in [2.05, 4.69) is 11.4 Å². The fraction of sp³-hybridized carbons (Fsp3) is 0.533. The maximum absolute atomic E-state index is 9.55. The predicted molar refractivity (Wildman–Crippen MR) is 74.2 cm³/mol. The molecule has 2 rings (SSSR count). The van der Waals surface area contributed by atoms with Crippen LogP contribution >= 0.6 is 0 Å². The summed E-state index contributed by atoms with van der Waals surface area (Å²) in [6, 6.07) is 10.1. The van der Waals surface area contributed by atoms with Crippen LogP contribution in [0, 0.1) is 11.3 Å². The monoisotopic (exact) mass is 260 g/mol. The Hall–Kier alpha value is -1.73. The first-order valence-electron chi connectivity index (χ1n) is 6.56. The number of hydrogen-bond donors (Lipinski definition) is 1. The van der Waals surface area contributed by atoms with Gasteiger partial charge in [-0.25, -0.2) is 0 Å². The summed E-state index contributed by atoms with van der Waals surface area (Å²) in [4.78, 5) is 0. The van der Waals surface area contributed by atoms with Crippen LogP contribution in [0.3, 0.4) is 0 Å². The van der Waals surface area contributed by atoms with Gasteiger partial charge in [0, 0.05) is 18.5 Å². The number of rotatable bonds is 3. The number of ether oxygens (including phenoxy) is 2. The Kier molecular flexibility index (Phi) is 3.96. The van der Waals surface area contributed by atoms with Crippen LogP contribution in [-0.2, 0) is 4.74 Å². The molecule has 0 aromatic heterocycles. The van der Waals surface area contributed by atoms with Gasteiger partial charge in [0.15, 0.2) is 0 Å². The molecule has 0 spiro atoms. The molecule has 1 N–H and O–H groups in total. The Labute approximate surface area is 114 Å². The van der Waals surface area contributed by atoms with Crippen molar-refractivity contribution in [2.75, 3.05) is 12.4 Å². The normalized spacial score (nSPS) is 30.4. The molecule has 2 unspecified atom stereocenters. The lowest BCUT2D eigenvalue weighted by Crippen LogP contribution is -2.47. The fourth-order valence-corrected chi connectivity index (χ4v) is 2.73. The van der Waals surface area contributed by atoms with E-state index in [0.717, 1.165) is 11.4 Å². The Morgan fingerprint density at radius 3 is 2.32 bits per heavy atom. The molecule has 4 heteroatoms. The first kappa shape index (κ1) is 13.7.